The van der Waals surface area contributed by atoms with Gasteiger partial charge in [-0.3, -0.25) is 9.78 Å². The first kappa shape index (κ1) is 11.9. The van der Waals surface area contributed by atoms with Gasteiger partial charge in [-0.1, -0.05) is 0 Å². The Morgan fingerprint density at radius 1 is 1.47 bits per heavy atom. The van der Waals surface area contributed by atoms with E-state index in [-0.39, 0.29) is 5.91 Å². The number of aryl methyl sites for hydroxylation is 1. The van der Waals surface area contributed by atoms with Gasteiger partial charge >= 0.3 is 0 Å². The number of rotatable bonds is 2. The van der Waals surface area contributed by atoms with Crippen molar-refractivity contribution >= 4 is 11.6 Å². The number of hydrogen-bond donors (Lipinski definition) is 1. The van der Waals surface area contributed by atoms with Crippen LogP contribution in [0.1, 0.15) is 25.5 Å². The molecule has 0 bridgehead atoms. The molecule has 2 heterocycles. The second-order valence-corrected chi connectivity index (χ2v) is 4.56. The molecule has 0 unspecified atom stereocenters. The summed E-state index contributed by atoms with van der Waals surface area (Å²) in [4.78, 5) is 17.4. The minimum atomic E-state index is 0.181. The molecule has 0 aliphatic carbocycles. The summed E-state index contributed by atoms with van der Waals surface area (Å²) < 4.78 is 0. The van der Waals surface area contributed by atoms with Gasteiger partial charge in [-0.05, 0) is 31.9 Å². The van der Waals surface area contributed by atoms with Crippen molar-refractivity contribution in [2.45, 2.75) is 32.7 Å². The monoisotopic (exact) mass is 233 g/mol. The van der Waals surface area contributed by atoms with Gasteiger partial charge in [0.25, 0.3) is 0 Å². The third-order valence-corrected chi connectivity index (χ3v) is 3.31. The maximum Gasteiger partial charge on any atom is 0.219 e. The van der Waals surface area contributed by atoms with E-state index in [2.05, 4.69) is 16.4 Å². The van der Waals surface area contributed by atoms with E-state index < -0.39 is 0 Å². The van der Waals surface area contributed by atoms with E-state index in [9.17, 15) is 4.79 Å². The molecular weight excluding hydrogens is 214 g/mol. The summed E-state index contributed by atoms with van der Waals surface area (Å²) in [6.07, 6.45) is 3.82. The summed E-state index contributed by atoms with van der Waals surface area (Å²) >= 11 is 0. The summed E-state index contributed by atoms with van der Waals surface area (Å²) in [6, 6.07) is 4.45. The molecule has 1 aromatic heterocycles. The Morgan fingerprint density at radius 2 is 2.18 bits per heavy atom. The van der Waals surface area contributed by atoms with Crippen molar-refractivity contribution in [3.63, 3.8) is 0 Å². The van der Waals surface area contributed by atoms with Crippen molar-refractivity contribution in [1.29, 1.82) is 0 Å². The lowest BCUT2D eigenvalue weighted by Crippen LogP contribution is -2.41. The van der Waals surface area contributed by atoms with Crippen LogP contribution in [-0.2, 0) is 4.79 Å². The fourth-order valence-corrected chi connectivity index (χ4v) is 2.20. The van der Waals surface area contributed by atoms with Gasteiger partial charge in [0.15, 0.2) is 0 Å². The van der Waals surface area contributed by atoms with Crippen molar-refractivity contribution in [2.24, 2.45) is 0 Å². The van der Waals surface area contributed by atoms with Gasteiger partial charge in [0.1, 0.15) is 0 Å². The molecule has 92 valence electrons. The summed E-state index contributed by atoms with van der Waals surface area (Å²) in [7, 11) is 0. The summed E-state index contributed by atoms with van der Waals surface area (Å²) in [5.74, 6) is 0.181. The molecule has 17 heavy (non-hydrogen) atoms. The lowest BCUT2D eigenvalue weighted by molar-refractivity contribution is -0.129. The molecule has 0 saturated carbocycles. The Balaban J connectivity index is 1.90. The molecular formula is C13H19N3O. The van der Waals surface area contributed by atoms with E-state index in [0.717, 1.165) is 37.3 Å². The van der Waals surface area contributed by atoms with Crippen LogP contribution in [0.5, 0.6) is 0 Å². The highest BCUT2D eigenvalue weighted by Crippen LogP contribution is 2.18. The van der Waals surface area contributed by atoms with Gasteiger partial charge in [0.2, 0.25) is 5.91 Å². The first-order valence-corrected chi connectivity index (χ1v) is 6.10. The number of nitrogens with zero attached hydrogens (tertiary/aromatic N) is 2. The number of aromatic nitrogens is 1. The number of anilines is 1. The summed E-state index contributed by atoms with van der Waals surface area (Å²) in [5.41, 5.74) is 2.13. The van der Waals surface area contributed by atoms with Crippen LogP contribution in [0.3, 0.4) is 0 Å². The van der Waals surface area contributed by atoms with Crippen molar-refractivity contribution in [3.05, 3.63) is 24.0 Å². The molecule has 1 N–H and O–H groups in total. The van der Waals surface area contributed by atoms with Crippen molar-refractivity contribution in [3.8, 4) is 0 Å². The molecule has 1 fully saturated rings. The molecule has 0 spiro atoms. The molecule has 1 aromatic rings. The van der Waals surface area contributed by atoms with Crippen LogP contribution in [0.4, 0.5) is 5.69 Å². The predicted octanol–water partition coefficient (Wildman–Crippen LogP) is 1.81. The van der Waals surface area contributed by atoms with Crippen molar-refractivity contribution in [2.75, 3.05) is 18.4 Å². The van der Waals surface area contributed by atoms with Gasteiger partial charge in [0.05, 0.1) is 11.4 Å². The summed E-state index contributed by atoms with van der Waals surface area (Å²) in [6.45, 7) is 5.35. The highest BCUT2D eigenvalue weighted by molar-refractivity contribution is 5.73. The molecule has 4 nitrogen and oxygen atoms in total. The van der Waals surface area contributed by atoms with E-state index in [1.54, 1.807) is 13.1 Å². The number of nitrogens with one attached hydrogen (secondary N) is 1. The van der Waals surface area contributed by atoms with E-state index in [4.69, 9.17) is 0 Å². The Labute approximate surface area is 102 Å². The average molecular weight is 233 g/mol. The second kappa shape index (κ2) is 5.17. The average Bonchev–Trinajstić information content (AvgIpc) is 2.33. The smallest absolute Gasteiger partial charge is 0.219 e. The SMILES string of the molecule is CC(=O)N1CCC(Nc2cccnc2C)CC1. The number of piperidine rings is 1. The van der Waals surface area contributed by atoms with Crippen LogP contribution >= 0.6 is 0 Å². The number of likely N-dealkylation sites (tertiary alicyclic amines) is 1. The molecule has 4 heteroatoms. The third-order valence-electron chi connectivity index (χ3n) is 3.31. The molecule has 1 saturated heterocycles. The normalized spacial score (nSPS) is 16.9. The number of carbonyl (C=O) groups excluding carboxylic acids is 1. The van der Waals surface area contributed by atoms with Gasteiger partial charge in [-0.15, -0.1) is 0 Å². The van der Waals surface area contributed by atoms with Crippen LogP contribution in [0.25, 0.3) is 0 Å². The zero-order chi connectivity index (χ0) is 12.3. The maximum atomic E-state index is 11.2. The number of hydrogen-bond acceptors (Lipinski definition) is 3. The second-order valence-electron chi connectivity index (χ2n) is 4.56. The minimum Gasteiger partial charge on any atom is -0.381 e. The molecule has 2 rings (SSSR count). The fraction of sp³-hybridized carbons (Fsp3) is 0.538. The minimum absolute atomic E-state index is 0.181. The molecule has 1 aliphatic rings. The summed E-state index contributed by atoms with van der Waals surface area (Å²) in [5, 5.41) is 3.51. The molecule has 1 amide bonds. The number of pyridine rings is 1. The lowest BCUT2D eigenvalue weighted by Gasteiger charge is -2.32. The zero-order valence-corrected chi connectivity index (χ0v) is 10.4. The first-order valence-electron chi connectivity index (χ1n) is 6.10. The Bertz CT molecular complexity index is 397. The topological polar surface area (TPSA) is 45.2 Å². The Morgan fingerprint density at radius 3 is 2.76 bits per heavy atom. The van der Waals surface area contributed by atoms with E-state index in [1.165, 1.54) is 0 Å². The number of amides is 1. The molecule has 0 aromatic carbocycles. The molecule has 1 aliphatic heterocycles. The van der Waals surface area contributed by atoms with Crippen LogP contribution in [0.15, 0.2) is 18.3 Å². The van der Waals surface area contributed by atoms with Gasteiger partial charge in [-0.25, -0.2) is 0 Å². The largest absolute Gasteiger partial charge is 0.381 e. The predicted molar refractivity (Wildman–Crippen MR) is 67.9 cm³/mol. The lowest BCUT2D eigenvalue weighted by atomic mass is 10.0. The quantitative estimate of drug-likeness (QED) is 0.847. The third kappa shape index (κ3) is 2.96. The van der Waals surface area contributed by atoms with Crippen LogP contribution in [-0.4, -0.2) is 34.9 Å². The van der Waals surface area contributed by atoms with Crippen LogP contribution < -0.4 is 5.32 Å². The first-order chi connectivity index (χ1) is 8.16. The molecule has 0 radical (unpaired) electrons. The van der Waals surface area contributed by atoms with Crippen LogP contribution in [0.2, 0.25) is 0 Å². The highest BCUT2D eigenvalue weighted by atomic mass is 16.2. The standard InChI is InChI=1S/C13H19N3O/c1-10-13(4-3-7-14-10)15-12-5-8-16(9-6-12)11(2)17/h3-4,7,12,15H,5-6,8-9H2,1-2H3. The molecule has 0 atom stereocenters. The van der Waals surface area contributed by atoms with E-state index >= 15 is 0 Å². The van der Waals surface area contributed by atoms with Crippen molar-refractivity contribution < 1.29 is 4.79 Å². The maximum absolute atomic E-state index is 11.2. The van der Waals surface area contributed by atoms with Crippen molar-refractivity contribution in [1.82, 2.24) is 9.88 Å². The van der Waals surface area contributed by atoms with Gasteiger partial charge in [0, 0.05) is 32.3 Å². The van der Waals surface area contributed by atoms with Crippen LogP contribution in [0, 0.1) is 6.92 Å². The Hall–Kier alpha value is -1.58. The zero-order valence-electron chi connectivity index (χ0n) is 10.4. The van der Waals surface area contributed by atoms with E-state index in [1.807, 2.05) is 17.9 Å². The highest BCUT2D eigenvalue weighted by Gasteiger charge is 2.20. The Kier molecular flexibility index (Phi) is 3.61. The fourth-order valence-electron chi connectivity index (χ4n) is 2.20. The van der Waals surface area contributed by atoms with E-state index in [0.29, 0.717) is 6.04 Å². The number of carbonyl (C=O) groups is 1. The van der Waals surface area contributed by atoms with Gasteiger partial charge in [-0.2, -0.15) is 0 Å². The van der Waals surface area contributed by atoms with Gasteiger partial charge < -0.3 is 10.2 Å².